The van der Waals surface area contributed by atoms with Gasteiger partial charge < -0.3 is 5.73 Å². The summed E-state index contributed by atoms with van der Waals surface area (Å²) in [5, 5.41) is 2.36. The lowest BCUT2D eigenvalue weighted by Gasteiger charge is -2.09. The number of hydrogen-bond acceptors (Lipinski definition) is 4. The number of unbranched alkanes of at least 4 members (excludes halogenated alkanes) is 5. The summed E-state index contributed by atoms with van der Waals surface area (Å²) >= 11 is 3.47. The molecule has 2 aromatic carbocycles. The lowest BCUT2D eigenvalue weighted by molar-refractivity contribution is 0.627. The van der Waals surface area contributed by atoms with Gasteiger partial charge in [0, 0.05) is 21.7 Å². The van der Waals surface area contributed by atoms with Crippen LogP contribution in [0, 0.1) is 0 Å². The first-order valence-electron chi connectivity index (χ1n) is 8.13. The summed E-state index contributed by atoms with van der Waals surface area (Å²) in [5.41, 5.74) is 6.97. The maximum absolute atomic E-state index is 6.12. The first kappa shape index (κ1) is 17.5. The van der Waals surface area contributed by atoms with E-state index in [9.17, 15) is 0 Å². The fourth-order valence-electron chi connectivity index (χ4n) is 2.49. The Morgan fingerprint density at radius 2 is 1.68 bits per heavy atom. The van der Waals surface area contributed by atoms with Gasteiger partial charge >= 0.3 is 0 Å². The molecule has 0 saturated heterocycles. The first-order chi connectivity index (χ1) is 10.8. The van der Waals surface area contributed by atoms with E-state index in [-0.39, 0.29) is 0 Å². The van der Waals surface area contributed by atoms with Gasteiger partial charge in [-0.2, -0.15) is 0 Å². The Kier molecular flexibility index (Phi) is 7.99. The quantitative estimate of drug-likeness (QED) is 0.316. The number of anilines is 1. The summed E-state index contributed by atoms with van der Waals surface area (Å²) in [6.45, 7) is 2.26. The van der Waals surface area contributed by atoms with E-state index in [1.165, 1.54) is 54.6 Å². The predicted molar refractivity (Wildman–Crippen MR) is 103 cm³/mol. The van der Waals surface area contributed by atoms with Gasteiger partial charge in [0.05, 0.1) is 0 Å². The van der Waals surface area contributed by atoms with E-state index in [1.54, 1.807) is 23.9 Å². The molecule has 120 valence electrons. The zero-order valence-corrected chi connectivity index (χ0v) is 14.9. The monoisotopic (exact) mass is 334 g/mol. The van der Waals surface area contributed by atoms with Gasteiger partial charge in [-0.25, -0.2) is 4.13 Å². The number of nitrogens with two attached hydrogens (primary N) is 1. The second-order valence-electron chi connectivity index (χ2n) is 5.50. The molecule has 4 heteroatoms. The molecule has 0 aliphatic carbocycles. The number of nitrogens with one attached hydrogen (secondary N) is 1. The van der Waals surface area contributed by atoms with Crippen LogP contribution in [0.1, 0.15) is 45.4 Å². The van der Waals surface area contributed by atoms with Gasteiger partial charge in [-0.1, -0.05) is 75.2 Å². The Morgan fingerprint density at radius 1 is 0.955 bits per heavy atom. The van der Waals surface area contributed by atoms with Crippen LogP contribution in [-0.2, 0) is 0 Å². The van der Waals surface area contributed by atoms with E-state index in [4.69, 9.17) is 5.73 Å². The number of nitrogen functional groups attached to an aromatic ring is 1. The van der Waals surface area contributed by atoms with Crippen molar-refractivity contribution in [2.24, 2.45) is 0 Å². The van der Waals surface area contributed by atoms with Crippen molar-refractivity contribution in [1.82, 2.24) is 4.13 Å². The van der Waals surface area contributed by atoms with Crippen LogP contribution in [0.2, 0.25) is 0 Å². The van der Waals surface area contributed by atoms with E-state index < -0.39 is 0 Å². The van der Waals surface area contributed by atoms with Crippen LogP contribution in [-0.4, -0.2) is 5.75 Å². The molecular formula is C18H26N2S2. The standard InChI is InChI=1S/C18H26N2S2/c1-2-3-4-5-6-7-14-21-20-22-17-13-9-11-15-10-8-12-16(19)18(15)17/h8-13,20H,2-7,14,19H2,1H3. The fraction of sp³-hybridized carbons (Fsp3) is 0.444. The summed E-state index contributed by atoms with van der Waals surface area (Å²) in [4.78, 5) is 1.20. The van der Waals surface area contributed by atoms with Crippen molar-refractivity contribution < 1.29 is 0 Å². The minimum atomic E-state index is 0.850. The third-order valence-corrected chi connectivity index (χ3v) is 5.57. The molecule has 22 heavy (non-hydrogen) atoms. The molecule has 0 heterocycles. The zero-order chi connectivity index (χ0) is 15.6. The Balaban J connectivity index is 1.72. The normalized spacial score (nSPS) is 11.1. The number of fused-ring (bicyclic) bond motifs is 1. The summed E-state index contributed by atoms with van der Waals surface area (Å²) in [5.74, 6) is 1.17. The topological polar surface area (TPSA) is 38.0 Å². The number of rotatable bonds is 10. The molecule has 0 radical (unpaired) electrons. The van der Waals surface area contributed by atoms with Gasteiger partial charge in [-0.15, -0.1) is 0 Å². The van der Waals surface area contributed by atoms with Gasteiger partial charge in [0.25, 0.3) is 0 Å². The van der Waals surface area contributed by atoms with Crippen molar-refractivity contribution in [3.05, 3.63) is 36.4 Å². The van der Waals surface area contributed by atoms with Gasteiger partial charge in [-0.3, -0.25) is 0 Å². The van der Waals surface area contributed by atoms with E-state index >= 15 is 0 Å². The molecular weight excluding hydrogens is 308 g/mol. The van der Waals surface area contributed by atoms with E-state index in [2.05, 4.69) is 35.3 Å². The van der Waals surface area contributed by atoms with Crippen LogP contribution in [0.4, 0.5) is 5.69 Å². The third-order valence-electron chi connectivity index (χ3n) is 3.71. The van der Waals surface area contributed by atoms with Crippen molar-refractivity contribution in [3.63, 3.8) is 0 Å². The average Bonchev–Trinajstić information content (AvgIpc) is 2.53. The highest BCUT2D eigenvalue weighted by Crippen LogP contribution is 2.31. The second kappa shape index (κ2) is 10.0. The van der Waals surface area contributed by atoms with Crippen molar-refractivity contribution in [1.29, 1.82) is 0 Å². The minimum absolute atomic E-state index is 0.850. The molecule has 0 fully saturated rings. The van der Waals surface area contributed by atoms with Crippen LogP contribution in [0.3, 0.4) is 0 Å². The minimum Gasteiger partial charge on any atom is -0.398 e. The molecule has 0 amide bonds. The van der Waals surface area contributed by atoms with Crippen LogP contribution in [0.25, 0.3) is 10.8 Å². The summed E-state index contributed by atoms with van der Waals surface area (Å²) < 4.78 is 3.40. The Morgan fingerprint density at radius 3 is 2.50 bits per heavy atom. The lowest BCUT2D eigenvalue weighted by atomic mass is 10.1. The van der Waals surface area contributed by atoms with Crippen LogP contribution in [0.15, 0.2) is 41.3 Å². The SMILES string of the molecule is CCCCCCCCSNSc1cccc2cccc(N)c12. The van der Waals surface area contributed by atoms with E-state index in [1.807, 2.05) is 12.1 Å². The maximum atomic E-state index is 6.12. The summed E-state index contributed by atoms with van der Waals surface area (Å²) in [6, 6.07) is 12.4. The number of benzene rings is 2. The van der Waals surface area contributed by atoms with Crippen LogP contribution >= 0.6 is 23.9 Å². The van der Waals surface area contributed by atoms with Gasteiger partial charge in [0.1, 0.15) is 0 Å². The van der Waals surface area contributed by atoms with Crippen LogP contribution in [0.5, 0.6) is 0 Å². The predicted octanol–water partition coefficient (Wildman–Crippen LogP) is 6.03. The Bertz CT molecular complexity index is 567. The summed E-state index contributed by atoms with van der Waals surface area (Å²) in [7, 11) is 0. The van der Waals surface area contributed by atoms with Crippen LogP contribution < -0.4 is 9.86 Å². The highest BCUT2D eigenvalue weighted by Gasteiger charge is 2.04. The highest BCUT2D eigenvalue weighted by atomic mass is 32.2. The molecule has 0 saturated carbocycles. The van der Waals surface area contributed by atoms with Crippen molar-refractivity contribution in [2.75, 3.05) is 11.5 Å². The molecule has 0 aromatic heterocycles. The molecule has 2 nitrogen and oxygen atoms in total. The van der Waals surface area contributed by atoms with E-state index in [0.29, 0.717) is 0 Å². The van der Waals surface area contributed by atoms with Gasteiger partial charge in [0.15, 0.2) is 0 Å². The molecule has 0 aliphatic heterocycles. The second-order valence-corrected chi connectivity index (χ2v) is 7.51. The third kappa shape index (κ3) is 5.41. The van der Waals surface area contributed by atoms with Crippen molar-refractivity contribution >= 4 is 40.4 Å². The molecule has 2 rings (SSSR count). The summed E-state index contributed by atoms with van der Waals surface area (Å²) in [6.07, 6.45) is 8.10. The maximum Gasteiger partial charge on any atom is 0.0405 e. The molecule has 3 N–H and O–H groups in total. The van der Waals surface area contributed by atoms with Crippen molar-refractivity contribution in [2.45, 2.75) is 50.3 Å². The fourth-order valence-corrected chi connectivity index (χ4v) is 4.25. The zero-order valence-electron chi connectivity index (χ0n) is 13.3. The van der Waals surface area contributed by atoms with Gasteiger partial charge in [-0.05, 0) is 35.9 Å². The Hall–Kier alpha value is -0.840. The largest absolute Gasteiger partial charge is 0.398 e. The van der Waals surface area contributed by atoms with Crippen molar-refractivity contribution in [3.8, 4) is 0 Å². The van der Waals surface area contributed by atoms with Gasteiger partial charge in [0.2, 0.25) is 0 Å². The lowest BCUT2D eigenvalue weighted by Crippen LogP contribution is -1.95. The molecule has 0 unspecified atom stereocenters. The first-order valence-corrected chi connectivity index (χ1v) is 9.94. The number of hydrogen-bond donors (Lipinski definition) is 2. The molecule has 2 aromatic rings. The average molecular weight is 335 g/mol. The highest BCUT2D eigenvalue weighted by molar-refractivity contribution is 8.12. The molecule has 0 spiro atoms. The Labute approximate surface area is 142 Å². The smallest absolute Gasteiger partial charge is 0.0405 e. The molecule has 0 bridgehead atoms. The van der Waals surface area contributed by atoms with E-state index in [0.717, 1.165) is 11.1 Å². The molecule has 0 aliphatic rings. The molecule has 0 atom stereocenters.